The number of methoxy groups -OCH3 is 1. The van der Waals surface area contributed by atoms with Crippen molar-refractivity contribution in [1.82, 2.24) is 10.2 Å². The molecule has 0 aliphatic rings. The van der Waals surface area contributed by atoms with Gasteiger partial charge in [-0.25, -0.2) is 0 Å². The highest BCUT2D eigenvalue weighted by Gasteiger charge is 2.34. The number of likely N-dealkylation sites (N-methyl/N-ethyl adjacent to an activating group) is 1. The van der Waals surface area contributed by atoms with Crippen LogP contribution in [0.1, 0.15) is 52.9 Å². The molecule has 2 amide bonds. The highest BCUT2D eigenvalue weighted by Crippen LogP contribution is 2.19. The number of hydrogen-bond acceptors (Lipinski definition) is 5. The number of aliphatic hydroxyl groups excluding tert-OH is 1. The zero-order valence-corrected chi connectivity index (χ0v) is 17.2. The fourth-order valence-electron chi connectivity index (χ4n) is 2.91. The lowest BCUT2D eigenvalue weighted by atomic mass is 9.91. The highest BCUT2D eigenvalue weighted by molar-refractivity contribution is 5.87. The Hall–Kier alpha value is -1.18. The third-order valence-electron chi connectivity index (χ3n) is 4.59. The number of carbonyl (C=O) groups is 2. The van der Waals surface area contributed by atoms with E-state index in [1.165, 1.54) is 4.90 Å². The summed E-state index contributed by atoms with van der Waals surface area (Å²) >= 11 is 0. The van der Waals surface area contributed by atoms with E-state index < -0.39 is 18.1 Å². The summed E-state index contributed by atoms with van der Waals surface area (Å²) < 4.78 is 4.97. The van der Waals surface area contributed by atoms with E-state index in [2.05, 4.69) is 5.32 Å². The van der Waals surface area contributed by atoms with Crippen LogP contribution in [-0.2, 0) is 14.3 Å². The van der Waals surface area contributed by atoms with Crippen LogP contribution in [0.15, 0.2) is 0 Å². The van der Waals surface area contributed by atoms with Crippen LogP contribution in [0.4, 0.5) is 0 Å². The van der Waals surface area contributed by atoms with E-state index in [1.54, 1.807) is 14.2 Å². The van der Waals surface area contributed by atoms with Gasteiger partial charge in [-0.2, -0.15) is 0 Å². The number of primary amides is 1. The van der Waals surface area contributed by atoms with E-state index in [0.717, 1.165) is 38.8 Å². The van der Waals surface area contributed by atoms with Gasteiger partial charge in [-0.15, -0.1) is 0 Å². The Balaban J connectivity index is 4.35. The molecule has 0 aliphatic heterocycles. The van der Waals surface area contributed by atoms with Crippen LogP contribution in [-0.4, -0.2) is 67.8 Å². The van der Waals surface area contributed by atoms with Crippen molar-refractivity contribution in [2.24, 2.45) is 17.6 Å². The number of nitrogens with zero attached hydrogens (tertiary/aromatic N) is 1. The minimum atomic E-state index is -0.980. The molecule has 7 heteroatoms. The molecule has 154 valence electrons. The van der Waals surface area contributed by atoms with Gasteiger partial charge in [0, 0.05) is 27.1 Å². The number of nitrogens with one attached hydrogen (secondary N) is 1. The summed E-state index contributed by atoms with van der Waals surface area (Å²) in [6, 6.07) is -0.980. The van der Waals surface area contributed by atoms with Crippen molar-refractivity contribution in [3.05, 3.63) is 0 Å². The average Bonchev–Trinajstić information content (AvgIpc) is 2.55. The van der Waals surface area contributed by atoms with Gasteiger partial charge in [-0.1, -0.05) is 33.6 Å². The molecule has 7 nitrogen and oxygen atoms in total. The van der Waals surface area contributed by atoms with Crippen LogP contribution in [0.5, 0.6) is 0 Å². The Morgan fingerprint density at radius 1 is 1.15 bits per heavy atom. The fraction of sp³-hybridized carbons (Fsp3) is 0.895. The molecule has 4 N–H and O–H groups in total. The topological polar surface area (TPSA) is 105 Å². The molecule has 0 aliphatic carbocycles. The van der Waals surface area contributed by atoms with E-state index in [4.69, 9.17) is 10.5 Å². The van der Waals surface area contributed by atoms with Gasteiger partial charge < -0.3 is 25.8 Å². The van der Waals surface area contributed by atoms with Crippen molar-refractivity contribution >= 4 is 11.8 Å². The van der Waals surface area contributed by atoms with Crippen LogP contribution < -0.4 is 11.1 Å². The summed E-state index contributed by atoms with van der Waals surface area (Å²) in [5.41, 5.74) is 5.47. The Morgan fingerprint density at radius 3 is 2.35 bits per heavy atom. The van der Waals surface area contributed by atoms with Gasteiger partial charge in [0.15, 0.2) is 0 Å². The van der Waals surface area contributed by atoms with Crippen LogP contribution >= 0.6 is 0 Å². The Kier molecular flexibility index (Phi) is 13.3. The number of carbonyl (C=O) groups excluding carboxylic acids is 2. The Morgan fingerprint density at radius 2 is 1.81 bits per heavy atom. The first-order valence-electron chi connectivity index (χ1n) is 9.65. The number of ether oxygens (including phenoxy) is 1. The molecule has 0 saturated heterocycles. The molecule has 0 saturated carbocycles. The summed E-state index contributed by atoms with van der Waals surface area (Å²) in [4.78, 5) is 25.4. The normalized spacial score (nSPS) is 14.9. The van der Waals surface area contributed by atoms with Crippen LogP contribution in [0.2, 0.25) is 0 Å². The first-order valence-corrected chi connectivity index (χ1v) is 9.65. The minimum absolute atomic E-state index is 0.108. The van der Waals surface area contributed by atoms with Gasteiger partial charge >= 0.3 is 0 Å². The van der Waals surface area contributed by atoms with Crippen molar-refractivity contribution in [2.75, 3.05) is 33.9 Å². The predicted molar refractivity (Wildman–Crippen MR) is 104 cm³/mol. The lowest BCUT2D eigenvalue weighted by Gasteiger charge is -2.33. The maximum absolute atomic E-state index is 12.2. The maximum Gasteiger partial charge on any atom is 0.242 e. The van der Waals surface area contributed by atoms with Gasteiger partial charge in [-0.3, -0.25) is 9.59 Å². The van der Waals surface area contributed by atoms with Crippen molar-refractivity contribution in [3.8, 4) is 0 Å². The van der Waals surface area contributed by atoms with Crippen molar-refractivity contribution in [1.29, 1.82) is 0 Å². The predicted octanol–water partition coefficient (Wildman–Crippen LogP) is 1.14. The molecule has 0 heterocycles. The SMILES string of the molecule is COCCNCCCCC[C@@H](C)[C@@H](O)[C@@H](C(N)=O)N(C)C(=O)CC(C)C. The molecule has 3 atom stereocenters. The molecule has 26 heavy (non-hydrogen) atoms. The monoisotopic (exact) mass is 373 g/mol. The first-order chi connectivity index (χ1) is 12.2. The third kappa shape index (κ3) is 10.1. The van der Waals surface area contributed by atoms with Gasteiger partial charge in [0.25, 0.3) is 0 Å². The van der Waals surface area contributed by atoms with E-state index in [0.29, 0.717) is 13.0 Å². The van der Waals surface area contributed by atoms with Gasteiger partial charge in [0.05, 0.1) is 12.7 Å². The lowest BCUT2D eigenvalue weighted by Crippen LogP contribution is -2.54. The number of unbranched alkanes of at least 4 members (excludes halogenated alkanes) is 2. The van der Waals surface area contributed by atoms with Gasteiger partial charge in [0.2, 0.25) is 11.8 Å². The molecule has 0 bridgehead atoms. The van der Waals surface area contributed by atoms with Crippen molar-refractivity contribution < 1.29 is 19.4 Å². The second-order valence-corrected chi connectivity index (χ2v) is 7.51. The minimum Gasteiger partial charge on any atom is -0.390 e. The second kappa shape index (κ2) is 13.9. The van der Waals surface area contributed by atoms with Crippen molar-refractivity contribution in [2.45, 2.75) is 65.0 Å². The summed E-state index contributed by atoms with van der Waals surface area (Å²) in [6.45, 7) is 8.28. The smallest absolute Gasteiger partial charge is 0.242 e. The number of hydrogen-bond donors (Lipinski definition) is 3. The number of amides is 2. The fourth-order valence-corrected chi connectivity index (χ4v) is 2.91. The van der Waals surface area contributed by atoms with Crippen LogP contribution in [0.25, 0.3) is 0 Å². The molecular formula is C19H39N3O4. The number of rotatable bonds is 15. The molecule has 0 radical (unpaired) electrons. The molecule has 0 spiro atoms. The highest BCUT2D eigenvalue weighted by atomic mass is 16.5. The molecule has 0 unspecified atom stereocenters. The summed E-state index contributed by atoms with van der Waals surface area (Å²) in [5.74, 6) is -0.753. The third-order valence-corrected chi connectivity index (χ3v) is 4.59. The molecule has 0 rings (SSSR count). The van der Waals surface area contributed by atoms with Crippen LogP contribution in [0, 0.1) is 11.8 Å². The molecule has 0 aromatic carbocycles. The quantitative estimate of drug-likeness (QED) is 0.373. The van der Waals surface area contributed by atoms with Crippen molar-refractivity contribution in [3.63, 3.8) is 0 Å². The standard InChI is InChI=1S/C19H39N3O4/c1-14(2)13-16(23)22(4)17(19(20)25)18(24)15(3)9-7-6-8-10-21-11-12-26-5/h14-15,17-18,21,24H,6-13H2,1-5H3,(H2,20,25)/t15-,17+,18-/m1/s1. The first kappa shape index (κ1) is 24.8. The molecule has 0 aromatic heterocycles. The molecule has 0 aromatic rings. The van der Waals surface area contributed by atoms with Crippen LogP contribution in [0.3, 0.4) is 0 Å². The van der Waals surface area contributed by atoms with E-state index in [9.17, 15) is 14.7 Å². The lowest BCUT2D eigenvalue weighted by molar-refractivity contribution is -0.143. The molecule has 0 fully saturated rings. The summed E-state index contributed by atoms with van der Waals surface area (Å²) in [7, 11) is 3.23. The second-order valence-electron chi connectivity index (χ2n) is 7.51. The number of aliphatic hydroxyl groups is 1. The summed E-state index contributed by atoms with van der Waals surface area (Å²) in [5, 5.41) is 13.9. The zero-order valence-electron chi connectivity index (χ0n) is 17.2. The Bertz CT molecular complexity index is 404. The summed E-state index contributed by atoms with van der Waals surface area (Å²) in [6.07, 6.45) is 3.22. The number of nitrogens with two attached hydrogens (primary N) is 1. The van der Waals surface area contributed by atoms with E-state index in [-0.39, 0.29) is 17.7 Å². The largest absolute Gasteiger partial charge is 0.390 e. The van der Waals surface area contributed by atoms with Gasteiger partial charge in [0.1, 0.15) is 6.04 Å². The van der Waals surface area contributed by atoms with E-state index in [1.807, 2.05) is 20.8 Å². The zero-order chi connectivity index (χ0) is 20.1. The molecular weight excluding hydrogens is 334 g/mol. The maximum atomic E-state index is 12.2. The Labute approximate surface area is 158 Å². The average molecular weight is 374 g/mol. The van der Waals surface area contributed by atoms with Gasteiger partial charge in [-0.05, 0) is 31.2 Å². The van der Waals surface area contributed by atoms with E-state index >= 15 is 0 Å².